The Balaban J connectivity index is 3.55. The van der Waals surface area contributed by atoms with Gasteiger partial charge >= 0.3 is 6.03 Å². The zero-order valence-corrected chi connectivity index (χ0v) is 11.4. The predicted octanol–water partition coefficient (Wildman–Crippen LogP) is 1.56. The first-order chi connectivity index (χ1) is 8.97. The van der Waals surface area contributed by atoms with Crippen molar-refractivity contribution in [3.63, 3.8) is 0 Å². The Morgan fingerprint density at radius 3 is 2.47 bits per heavy atom. The molecule has 0 aliphatic carbocycles. The van der Waals surface area contributed by atoms with Gasteiger partial charge < -0.3 is 16.2 Å². The van der Waals surface area contributed by atoms with Crippen LogP contribution in [0.3, 0.4) is 0 Å². The number of anilines is 1. The maximum atomic E-state index is 11.9. The van der Waals surface area contributed by atoms with Gasteiger partial charge in [-0.3, -0.25) is 5.41 Å². The summed E-state index contributed by atoms with van der Waals surface area (Å²) in [6.45, 7) is 3.82. The Hall–Kier alpha value is -2.24. The van der Waals surface area contributed by atoms with Crippen LogP contribution in [0.2, 0.25) is 0 Å². The van der Waals surface area contributed by atoms with Crippen LogP contribution >= 0.6 is 0 Å². The number of phenolic OH excluding ortho intramolecular Hbond substituents is 1. The van der Waals surface area contributed by atoms with Gasteiger partial charge in [-0.15, -0.1) is 0 Å². The van der Waals surface area contributed by atoms with E-state index in [9.17, 15) is 9.90 Å². The van der Waals surface area contributed by atoms with Crippen molar-refractivity contribution in [1.82, 2.24) is 5.32 Å². The third kappa shape index (κ3) is 2.78. The van der Waals surface area contributed by atoms with Gasteiger partial charge in [0.2, 0.25) is 5.96 Å². The molecular weight excluding hydrogens is 244 g/mol. The molecule has 1 aromatic rings. The molecule has 1 rings (SSSR count). The van der Waals surface area contributed by atoms with Gasteiger partial charge in [0.25, 0.3) is 0 Å². The topological polar surface area (TPSA) is 102 Å². The van der Waals surface area contributed by atoms with Crippen molar-refractivity contribution in [3.05, 3.63) is 23.3 Å². The first-order valence-electron chi connectivity index (χ1n) is 6.17. The average Bonchev–Trinajstić information content (AvgIpc) is 2.38. The molecule has 0 aliphatic rings. The highest BCUT2D eigenvalue weighted by atomic mass is 16.3. The molecule has 6 heteroatoms. The molecule has 0 spiro atoms. The maximum absolute atomic E-state index is 11.9. The number of urea groups is 1. The monoisotopic (exact) mass is 264 g/mol. The molecule has 104 valence electrons. The molecule has 0 aromatic heterocycles. The number of carbonyl (C=O) groups is 1. The highest BCUT2D eigenvalue weighted by molar-refractivity contribution is 6.15. The van der Waals surface area contributed by atoms with Crippen molar-refractivity contribution in [2.24, 2.45) is 5.73 Å². The molecule has 0 heterocycles. The quantitative estimate of drug-likeness (QED) is 0.492. The molecule has 0 saturated heterocycles. The third-order valence-corrected chi connectivity index (χ3v) is 2.96. The molecule has 2 amide bonds. The second-order valence-electron chi connectivity index (χ2n) is 4.05. The molecule has 0 fully saturated rings. The molecule has 0 saturated carbocycles. The number of aromatic hydroxyl groups is 1. The summed E-state index contributed by atoms with van der Waals surface area (Å²) in [4.78, 5) is 13.0. The summed E-state index contributed by atoms with van der Waals surface area (Å²) < 4.78 is 0. The highest BCUT2D eigenvalue weighted by Crippen LogP contribution is 2.33. The summed E-state index contributed by atoms with van der Waals surface area (Å²) >= 11 is 0. The number of nitrogens with zero attached hydrogens (tertiary/aromatic N) is 1. The van der Waals surface area contributed by atoms with Gasteiger partial charge in [-0.1, -0.05) is 19.9 Å². The summed E-state index contributed by atoms with van der Waals surface area (Å²) in [7, 11) is 1.47. The average molecular weight is 264 g/mol. The molecule has 0 aliphatic heterocycles. The van der Waals surface area contributed by atoms with E-state index in [2.05, 4.69) is 5.32 Å². The second-order valence-corrected chi connectivity index (χ2v) is 4.05. The SMILES string of the molecule is CCc1ccc(O)c(CC)c1N(C(=N)N)C(=O)NC. The largest absolute Gasteiger partial charge is 0.508 e. The van der Waals surface area contributed by atoms with Crippen molar-refractivity contribution >= 4 is 17.7 Å². The number of rotatable bonds is 3. The fourth-order valence-corrected chi connectivity index (χ4v) is 2.03. The number of aryl methyl sites for hydroxylation is 1. The maximum Gasteiger partial charge on any atom is 0.328 e. The lowest BCUT2D eigenvalue weighted by atomic mass is 10.0. The number of hydrogen-bond donors (Lipinski definition) is 4. The van der Waals surface area contributed by atoms with Crippen LogP contribution in [0.5, 0.6) is 5.75 Å². The number of guanidine groups is 1. The van der Waals surface area contributed by atoms with Crippen LogP contribution in [0.15, 0.2) is 12.1 Å². The van der Waals surface area contributed by atoms with Crippen molar-refractivity contribution in [1.29, 1.82) is 5.41 Å². The predicted molar refractivity (Wildman–Crippen MR) is 75.7 cm³/mol. The zero-order valence-electron chi connectivity index (χ0n) is 11.4. The highest BCUT2D eigenvalue weighted by Gasteiger charge is 2.24. The molecule has 6 nitrogen and oxygen atoms in total. The number of hydrogen-bond acceptors (Lipinski definition) is 3. The third-order valence-electron chi connectivity index (χ3n) is 2.96. The first-order valence-corrected chi connectivity index (χ1v) is 6.17. The van der Waals surface area contributed by atoms with Gasteiger partial charge in [0.05, 0.1) is 5.69 Å². The normalized spacial score (nSPS) is 10.1. The summed E-state index contributed by atoms with van der Waals surface area (Å²) in [5.41, 5.74) is 7.47. The molecular formula is C13H20N4O2. The summed E-state index contributed by atoms with van der Waals surface area (Å²) in [6.07, 6.45) is 1.21. The number of phenols is 1. The van der Waals surface area contributed by atoms with Crippen LogP contribution < -0.4 is 16.0 Å². The summed E-state index contributed by atoms with van der Waals surface area (Å²) in [6, 6.07) is 2.84. The van der Waals surface area contributed by atoms with Crippen molar-refractivity contribution in [2.45, 2.75) is 26.7 Å². The van der Waals surface area contributed by atoms with E-state index >= 15 is 0 Å². The standard InChI is InChI=1S/C13H20N4O2/c1-4-8-6-7-10(18)9(5-2)11(8)17(12(14)15)13(19)16-3/h6-7,18H,4-5H2,1-3H3,(H3,14,15)(H,16,19). The van der Waals surface area contributed by atoms with E-state index in [1.54, 1.807) is 12.1 Å². The van der Waals surface area contributed by atoms with Crippen LogP contribution in [0.1, 0.15) is 25.0 Å². The second kappa shape index (κ2) is 6.08. The minimum absolute atomic E-state index is 0.102. The lowest BCUT2D eigenvalue weighted by Gasteiger charge is -2.25. The van der Waals surface area contributed by atoms with Gasteiger partial charge in [-0.2, -0.15) is 0 Å². The molecule has 0 bridgehead atoms. The van der Waals surface area contributed by atoms with Crippen LogP contribution in [0.25, 0.3) is 0 Å². The van der Waals surface area contributed by atoms with Crippen LogP contribution in [0, 0.1) is 5.41 Å². The van der Waals surface area contributed by atoms with Gasteiger partial charge in [-0.25, -0.2) is 9.69 Å². The van der Waals surface area contributed by atoms with Crippen LogP contribution in [-0.4, -0.2) is 24.1 Å². The van der Waals surface area contributed by atoms with Crippen molar-refractivity contribution in [2.75, 3.05) is 11.9 Å². The van der Waals surface area contributed by atoms with Crippen LogP contribution in [-0.2, 0) is 12.8 Å². The lowest BCUT2D eigenvalue weighted by molar-refractivity contribution is 0.251. The Bertz CT molecular complexity index is 500. The lowest BCUT2D eigenvalue weighted by Crippen LogP contribution is -2.47. The van der Waals surface area contributed by atoms with E-state index in [0.29, 0.717) is 24.1 Å². The molecule has 19 heavy (non-hydrogen) atoms. The molecule has 5 N–H and O–H groups in total. The van der Waals surface area contributed by atoms with Crippen LogP contribution in [0.4, 0.5) is 10.5 Å². The van der Waals surface area contributed by atoms with E-state index in [0.717, 1.165) is 10.5 Å². The number of carbonyl (C=O) groups excluding carboxylic acids is 1. The smallest absolute Gasteiger partial charge is 0.328 e. The fourth-order valence-electron chi connectivity index (χ4n) is 2.03. The van der Waals surface area contributed by atoms with Crippen molar-refractivity contribution < 1.29 is 9.90 Å². The number of benzene rings is 1. The van der Waals surface area contributed by atoms with E-state index in [1.807, 2.05) is 13.8 Å². The van der Waals surface area contributed by atoms with Crippen molar-refractivity contribution in [3.8, 4) is 5.75 Å². The molecule has 1 aromatic carbocycles. The Morgan fingerprint density at radius 1 is 1.42 bits per heavy atom. The van der Waals surface area contributed by atoms with E-state index in [-0.39, 0.29) is 11.7 Å². The molecule has 0 atom stereocenters. The fraction of sp³-hybridized carbons (Fsp3) is 0.385. The minimum atomic E-state index is -0.498. The van der Waals surface area contributed by atoms with Gasteiger partial charge in [0.15, 0.2) is 0 Å². The Morgan fingerprint density at radius 2 is 2.05 bits per heavy atom. The minimum Gasteiger partial charge on any atom is -0.508 e. The zero-order chi connectivity index (χ0) is 14.6. The van der Waals surface area contributed by atoms with E-state index in [1.165, 1.54) is 7.05 Å². The van der Waals surface area contributed by atoms with Gasteiger partial charge in [0.1, 0.15) is 5.75 Å². The number of nitrogens with one attached hydrogen (secondary N) is 2. The first kappa shape index (κ1) is 14.8. The summed E-state index contributed by atoms with van der Waals surface area (Å²) in [5.74, 6) is -0.279. The molecule has 0 unspecified atom stereocenters. The van der Waals surface area contributed by atoms with Gasteiger partial charge in [0, 0.05) is 12.6 Å². The Labute approximate surface area is 112 Å². The van der Waals surface area contributed by atoms with E-state index in [4.69, 9.17) is 11.1 Å². The van der Waals surface area contributed by atoms with Gasteiger partial charge in [-0.05, 0) is 24.5 Å². The number of amides is 2. The van der Waals surface area contributed by atoms with E-state index < -0.39 is 6.03 Å². The summed E-state index contributed by atoms with van der Waals surface area (Å²) in [5, 5.41) is 20.0. The number of nitrogens with two attached hydrogens (primary N) is 1. The Kier molecular flexibility index (Phi) is 4.74. The molecule has 0 radical (unpaired) electrons.